The van der Waals surface area contributed by atoms with Gasteiger partial charge in [-0.25, -0.2) is 0 Å². The predicted octanol–water partition coefficient (Wildman–Crippen LogP) is 2.76. The molecule has 0 spiro atoms. The Balaban J connectivity index is 1.49. The van der Waals surface area contributed by atoms with Gasteiger partial charge in [0.05, 0.1) is 24.6 Å². The number of nitrogens with zero attached hydrogens (tertiary/aromatic N) is 1. The highest BCUT2D eigenvalue weighted by Gasteiger charge is 2.61. The Morgan fingerprint density at radius 2 is 1.74 bits per heavy atom. The molecule has 0 aromatic heterocycles. The summed E-state index contributed by atoms with van der Waals surface area (Å²) in [6, 6.07) is 16.8. The van der Waals surface area contributed by atoms with Gasteiger partial charge in [-0.05, 0) is 48.4 Å². The quantitative estimate of drug-likeness (QED) is 0.315. The second-order valence-corrected chi connectivity index (χ2v) is 9.91. The number of methoxy groups -OCH3 is 1. The summed E-state index contributed by atoms with van der Waals surface area (Å²) in [5.41, 5.74) is 1.99. The van der Waals surface area contributed by atoms with Crippen molar-refractivity contribution in [2.45, 2.75) is 25.2 Å². The molecule has 2 aliphatic heterocycles. The number of amides is 3. The largest absolute Gasteiger partial charge is 0.468 e. The van der Waals surface area contributed by atoms with Crippen LogP contribution in [0.25, 0.3) is 0 Å². The van der Waals surface area contributed by atoms with Crippen LogP contribution in [0.1, 0.15) is 29.9 Å². The number of nitrogens with one attached hydrogen (secondary N) is 1. The van der Waals surface area contributed by atoms with E-state index in [1.165, 1.54) is 12.0 Å². The van der Waals surface area contributed by atoms with Crippen LogP contribution < -0.4 is 10.2 Å². The van der Waals surface area contributed by atoms with Crippen LogP contribution in [0.2, 0.25) is 0 Å². The summed E-state index contributed by atoms with van der Waals surface area (Å²) >= 11 is 0. The molecule has 5 atom stereocenters. The molecule has 2 aliphatic carbocycles. The molecule has 178 valence electrons. The van der Waals surface area contributed by atoms with E-state index in [-0.39, 0.29) is 36.0 Å². The van der Waals surface area contributed by atoms with E-state index in [4.69, 9.17) is 4.74 Å². The van der Waals surface area contributed by atoms with E-state index in [0.717, 1.165) is 16.7 Å². The van der Waals surface area contributed by atoms with Gasteiger partial charge in [0.1, 0.15) is 0 Å². The van der Waals surface area contributed by atoms with E-state index in [2.05, 4.69) is 5.32 Å². The Morgan fingerprint density at radius 1 is 1.00 bits per heavy atom. The summed E-state index contributed by atoms with van der Waals surface area (Å²) in [7, 11) is 1.31. The molecule has 2 fully saturated rings. The van der Waals surface area contributed by atoms with Crippen molar-refractivity contribution in [3.8, 4) is 0 Å². The normalized spacial score (nSPS) is 31.3. The maximum Gasteiger partial charge on any atom is 0.322 e. The molecule has 6 rings (SSSR count). The highest BCUT2D eigenvalue weighted by Crippen LogP contribution is 2.54. The zero-order valence-corrected chi connectivity index (χ0v) is 19.4. The number of imide groups is 1. The van der Waals surface area contributed by atoms with Gasteiger partial charge in [0, 0.05) is 12.5 Å². The molecule has 0 saturated carbocycles. The summed E-state index contributed by atoms with van der Waals surface area (Å²) in [6.07, 6.45) is 3.17. The van der Waals surface area contributed by atoms with Crippen LogP contribution in [0, 0.1) is 23.2 Å². The molecule has 2 saturated heterocycles. The average molecular weight is 471 g/mol. The van der Waals surface area contributed by atoms with E-state index in [1.807, 2.05) is 48.5 Å². The maximum absolute atomic E-state index is 13.8. The fraction of sp³-hybridized carbons (Fsp3) is 0.357. The van der Waals surface area contributed by atoms with Crippen LogP contribution in [0.4, 0.5) is 5.69 Å². The Kier molecular flexibility index (Phi) is 4.91. The highest BCUT2D eigenvalue weighted by atomic mass is 16.5. The first-order valence-electron chi connectivity index (χ1n) is 12.0. The third kappa shape index (κ3) is 2.97. The van der Waals surface area contributed by atoms with Crippen LogP contribution in [0.3, 0.4) is 0 Å². The number of carbonyl (C=O) groups excluding carboxylic acids is 4. The Morgan fingerprint density at radius 3 is 2.51 bits per heavy atom. The van der Waals surface area contributed by atoms with Crippen molar-refractivity contribution in [2.24, 2.45) is 23.2 Å². The van der Waals surface area contributed by atoms with Crippen LogP contribution in [0.5, 0.6) is 0 Å². The van der Waals surface area contributed by atoms with Crippen molar-refractivity contribution in [3.05, 3.63) is 77.4 Å². The molecule has 7 heteroatoms. The molecule has 2 aromatic rings. The van der Waals surface area contributed by atoms with Gasteiger partial charge in [0.25, 0.3) is 0 Å². The van der Waals surface area contributed by atoms with Gasteiger partial charge in [0.15, 0.2) is 5.41 Å². The molecule has 7 nitrogen and oxygen atoms in total. The summed E-state index contributed by atoms with van der Waals surface area (Å²) in [6.45, 7) is 0.355. The van der Waals surface area contributed by atoms with Gasteiger partial charge in [-0.1, -0.05) is 54.1 Å². The standard InChI is InChI=1S/C28H26N2O5/c1-35-27(34)28-14-17-11-12-20-23(25(32)30(24(20)31)18-8-3-2-4-9-18)21(17)13-16-7-5-6-10-19(16)22(28)15-29-26(28)33/h2-11,20-23H,12-15H2,1H3,(H,29,33)/t20?,21?,22-,23?,28?/m1/s1. The highest BCUT2D eigenvalue weighted by molar-refractivity contribution is 6.22. The lowest BCUT2D eigenvalue weighted by Crippen LogP contribution is -2.46. The summed E-state index contributed by atoms with van der Waals surface area (Å²) in [5.74, 6) is -2.92. The van der Waals surface area contributed by atoms with Crippen molar-refractivity contribution in [1.82, 2.24) is 5.32 Å². The van der Waals surface area contributed by atoms with Crippen LogP contribution in [-0.4, -0.2) is 37.3 Å². The first-order chi connectivity index (χ1) is 17.0. The Labute approximate surface area is 203 Å². The van der Waals surface area contributed by atoms with Crippen molar-refractivity contribution in [2.75, 3.05) is 18.6 Å². The van der Waals surface area contributed by atoms with Crippen molar-refractivity contribution >= 4 is 29.4 Å². The molecule has 1 N–H and O–H groups in total. The monoisotopic (exact) mass is 470 g/mol. The average Bonchev–Trinajstić information content (AvgIpc) is 3.33. The molecule has 35 heavy (non-hydrogen) atoms. The minimum atomic E-state index is -1.40. The lowest BCUT2D eigenvalue weighted by molar-refractivity contribution is -0.158. The molecular weight excluding hydrogens is 444 g/mol. The van der Waals surface area contributed by atoms with Gasteiger partial charge in [0.2, 0.25) is 17.7 Å². The third-order valence-corrected chi connectivity index (χ3v) is 8.40. The minimum Gasteiger partial charge on any atom is -0.468 e. The number of hydrogen-bond donors (Lipinski definition) is 1. The number of fused-ring (bicyclic) bond motifs is 6. The number of para-hydroxylation sites is 1. The van der Waals surface area contributed by atoms with Crippen LogP contribution in [-0.2, 0) is 30.3 Å². The Bertz CT molecular complexity index is 1290. The maximum atomic E-state index is 13.8. The zero-order valence-electron chi connectivity index (χ0n) is 19.4. The van der Waals surface area contributed by atoms with Crippen molar-refractivity contribution < 1.29 is 23.9 Å². The molecule has 3 amide bonds. The number of rotatable bonds is 2. The van der Waals surface area contributed by atoms with Gasteiger partial charge < -0.3 is 10.1 Å². The first kappa shape index (κ1) is 21.8. The second kappa shape index (κ2) is 7.90. The molecule has 0 radical (unpaired) electrons. The van der Waals surface area contributed by atoms with E-state index >= 15 is 0 Å². The SMILES string of the molecule is COC(=O)C12CC3=CCC4C(=O)N(c5ccccc5)C(=O)C4C3Cc3ccccc3[C@H]1CNC2=O. The predicted molar refractivity (Wildman–Crippen MR) is 127 cm³/mol. The van der Waals surface area contributed by atoms with E-state index in [0.29, 0.717) is 25.1 Å². The molecule has 4 aliphatic rings. The fourth-order valence-corrected chi connectivity index (χ4v) is 6.77. The van der Waals surface area contributed by atoms with Crippen LogP contribution >= 0.6 is 0 Å². The number of ether oxygens (including phenoxy) is 1. The number of hydrogen-bond acceptors (Lipinski definition) is 5. The molecule has 2 heterocycles. The van der Waals surface area contributed by atoms with Gasteiger partial charge in [-0.3, -0.25) is 24.1 Å². The summed E-state index contributed by atoms with van der Waals surface area (Å²) < 4.78 is 5.20. The van der Waals surface area contributed by atoms with Crippen molar-refractivity contribution in [3.63, 3.8) is 0 Å². The van der Waals surface area contributed by atoms with E-state index < -0.39 is 23.2 Å². The summed E-state index contributed by atoms with van der Waals surface area (Å²) in [4.78, 5) is 55.1. The smallest absolute Gasteiger partial charge is 0.322 e. The molecule has 4 unspecified atom stereocenters. The number of allylic oxidation sites excluding steroid dienone is 2. The molecule has 0 bridgehead atoms. The number of benzene rings is 2. The van der Waals surface area contributed by atoms with Gasteiger partial charge in [-0.15, -0.1) is 0 Å². The fourth-order valence-electron chi connectivity index (χ4n) is 6.77. The minimum absolute atomic E-state index is 0.184. The third-order valence-electron chi connectivity index (χ3n) is 8.40. The second-order valence-electron chi connectivity index (χ2n) is 9.91. The zero-order chi connectivity index (χ0) is 24.3. The van der Waals surface area contributed by atoms with E-state index in [9.17, 15) is 19.2 Å². The van der Waals surface area contributed by atoms with Crippen molar-refractivity contribution in [1.29, 1.82) is 0 Å². The lowest BCUT2D eigenvalue weighted by atomic mass is 9.60. The first-order valence-corrected chi connectivity index (χ1v) is 12.0. The van der Waals surface area contributed by atoms with Crippen LogP contribution in [0.15, 0.2) is 66.2 Å². The topological polar surface area (TPSA) is 92.8 Å². The number of carbonyl (C=O) groups is 4. The summed E-state index contributed by atoms with van der Waals surface area (Å²) in [5, 5.41) is 2.90. The lowest BCUT2D eigenvalue weighted by Gasteiger charge is -2.40. The van der Waals surface area contributed by atoms with Gasteiger partial charge in [-0.2, -0.15) is 0 Å². The Hall–Kier alpha value is -3.74. The van der Waals surface area contributed by atoms with E-state index in [1.54, 1.807) is 12.1 Å². The number of anilines is 1. The molecule has 2 aromatic carbocycles. The molecular formula is C28H26N2O5. The number of esters is 1. The van der Waals surface area contributed by atoms with Gasteiger partial charge >= 0.3 is 5.97 Å².